The molecule has 2 N–H and O–H groups in total. The minimum absolute atomic E-state index is 0.181. The molecule has 0 unspecified atom stereocenters. The van der Waals surface area contributed by atoms with Crippen LogP contribution in [0.1, 0.15) is 12.8 Å². The van der Waals surface area contributed by atoms with E-state index in [-0.39, 0.29) is 13.0 Å². The average Bonchev–Trinajstić information content (AvgIpc) is 2.09. The third-order valence-electron chi connectivity index (χ3n) is 0.735. The van der Waals surface area contributed by atoms with Crippen molar-refractivity contribution >= 4 is 23.2 Å². The van der Waals surface area contributed by atoms with Crippen LogP contribution in [0.2, 0.25) is 0 Å². The van der Waals surface area contributed by atoms with E-state index >= 15 is 0 Å². The Morgan fingerprint density at radius 3 is 2.27 bits per heavy atom. The van der Waals surface area contributed by atoms with Gasteiger partial charge < -0.3 is 14.9 Å². The fourth-order valence-electron chi connectivity index (χ4n) is 0.373. The molecule has 0 heterocycles. The first kappa shape index (κ1) is 15.5. The lowest BCUT2D eigenvalue weighted by Crippen LogP contribution is -1.94. The van der Waals surface area contributed by atoms with Crippen LogP contribution in [0.4, 0.5) is 9.59 Å². The Morgan fingerprint density at radius 1 is 1.33 bits per heavy atom. The molecule has 0 spiro atoms. The molecule has 0 radical (unpaired) electrons. The second-order valence-electron chi connectivity index (χ2n) is 1.81. The monoisotopic (exact) mass is 233 g/mol. The van der Waals surface area contributed by atoms with Crippen LogP contribution in [0.15, 0.2) is 0 Å². The molecule has 0 aliphatic carbocycles. The van der Waals surface area contributed by atoms with Gasteiger partial charge in [0.05, 0.1) is 12.5 Å². The summed E-state index contributed by atoms with van der Waals surface area (Å²) in [6.07, 6.45) is -1.21. The van der Waals surface area contributed by atoms with Crippen molar-refractivity contribution in [1.82, 2.24) is 0 Å². The summed E-state index contributed by atoms with van der Waals surface area (Å²) < 4.78 is 4.36. The number of nitriles is 1. The largest absolute Gasteiger partial charge is 0.503 e. The van der Waals surface area contributed by atoms with Crippen LogP contribution < -0.4 is 0 Å². The quantitative estimate of drug-likeness (QED) is 0.428. The van der Waals surface area contributed by atoms with E-state index in [9.17, 15) is 4.79 Å². The molecule has 0 atom stereocenters. The van der Waals surface area contributed by atoms with E-state index in [1.807, 2.05) is 6.07 Å². The standard InChI is InChI=1S/C7H6ClNO2.CH2O3/c8-7(10)11-6-4-2-1-3-5-9;2-1(3)4/h3-4,6H2;(H2,2,3,4). The number of carboxylic acid groups (broad SMARTS) is 2. The van der Waals surface area contributed by atoms with E-state index in [4.69, 9.17) is 31.9 Å². The van der Waals surface area contributed by atoms with Gasteiger partial charge in [0.1, 0.15) is 6.61 Å². The fourth-order valence-corrected chi connectivity index (χ4v) is 0.450. The van der Waals surface area contributed by atoms with Gasteiger partial charge in [-0.3, -0.25) is 0 Å². The number of halogens is 1. The molecule has 0 bridgehead atoms. The highest BCUT2D eigenvalue weighted by Gasteiger charge is 1.90. The Balaban J connectivity index is 0. The lowest BCUT2D eigenvalue weighted by Gasteiger charge is -1.92. The van der Waals surface area contributed by atoms with Crippen LogP contribution in [-0.2, 0) is 4.74 Å². The second kappa shape index (κ2) is 12.1. The van der Waals surface area contributed by atoms with Gasteiger partial charge in [-0.1, -0.05) is 11.8 Å². The maximum atomic E-state index is 9.98. The minimum Gasteiger partial charge on any atom is -0.453 e. The molecular weight excluding hydrogens is 226 g/mol. The number of rotatable bonds is 2. The predicted octanol–water partition coefficient (Wildman–Crippen LogP) is 1.89. The molecule has 0 aromatic carbocycles. The molecule has 0 saturated carbocycles. The van der Waals surface area contributed by atoms with Gasteiger partial charge in [-0.05, 0) is 0 Å². The summed E-state index contributed by atoms with van der Waals surface area (Å²) in [4.78, 5) is 18.5. The van der Waals surface area contributed by atoms with Crippen molar-refractivity contribution in [3.63, 3.8) is 0 Å². The zero-order valence-electron chi connectivity index (χ0n) is 7.57. The highest BCUT2D eigenvalue weighted by atomic mass is 35.5. The Labute approximate surface area is 91.0 Å². The summed E-state index contributed by atoms with van der Waals surface area (Å²) in [5.41, 5.74) is -0.827. The van der Waals surface area contributed by atoms with Gasteiger partial charge in [0, 0.05) is 18.0 Å². The minimum atomic E-state index is -1.83. The first-order valence-corrected chi connectivity index (χ1v) is 3.95. The van der Waals surface area contributed by atoms with Crippen LogP contribution in [0.5, 0.6) is 0 Å². The Kier molecular flexibility index (Phi) is 12.5. The van der Waals surface area contributed by atoms with Crippen molar-refractivity contribution in [2.24, 2.45) is 0 Å². The molecule has 0 aromatic rings. The summed E-state index contributed by atoms with van der Waals surface area (Å²) in [5.74, 6) is 5.20. The van der Waals surface area contributed by atoms with Crippen LogP contribution in [0.3, 0.4) is 0 Å². The number of nitrogens with zero attached hydrogens (tertiary/aromatic N) is 1. The van der Waals surface area contributed by atoms with Crippen molar-refractivity contribution in [3.8, 4) is 17.9 Å². The van der Waals surface area contributed by atoms with Gasteiger partial charge in [0.25, 0.3) is 0 Å². The summed E-state index contributed by atoms with van der Waals surface area (Å²) >= 11 is 4.86. The first-order valence-electron chi connectivity index (χ1n) is 3.57. The summed E-state index contributed by atoms with van der Waals surface area (Å²) in [5, 5.41) is 22.0. The van der Waals surface area contributed by atoms with Crippen molar-refractivity contribution in [2.75, 3.05) is 6.61 Å². The predicted molar refractivity (Wildman–Crippen MR) is 50.5 cm³/mol. The van der Waals surface area contributed by atoms with Gasteiger partial charge in [-0.15, -0.1) is 0 Å². The van der Waals surface area contributed by atoms with E-state index < -0.39 is 11.6 Å². The summed E-state index contributed by atoms with van der Waals surface area (Å²) in [6, 6.07) is 1.86. The molecular formula is C8H8ClNO5. The number of hydrogen-bond acceptors (Lipinski definition) is 4. The highest BCUT2D eigenvalue weighted by Crippen LogP contribution is 1.88. The lowest BCUT2D eigenvalue weighted by molar-refractivity contribution is 0.137. The lowest BCUT2D eigenvalue weighted by atomic mass is 10.4. The van der Waals surface area contributed by atoms with Crippen LogP contribution >= 0.6 is 11.6 Å². The number of hydrogen-bond donors (Lipinski definition) is 2. The van der Waals surface area contributed by atoms with E-state index in [0.717, 1.165) is 0 Å². The molecule has 7 heteroatoms. The van der Waals surface area contributed by atoms with Crippen LogP contribution in [0, 0.1) is 23.2 Å². The average molecular weight is 234 g/mol. The molecule has 0 aliphatic rings. The SMILES string of the molecule is N#CCC#CCCOC(=O)Cl.O=C(O)O. The number of carbonyl (C=O) groups is 2. The molecule has 0 saturated heterocycles. The number of ether oxygens (including phenoxy) is 1. The van der Waals surface area contributed by atoms with Gasteiger partial charge >= 0.3 is 11.6 Å². The molecule has 82 valence electrons. The van der Waals surface area contributed by atoms with E-state index in [1.165, 1.54) is 0 Å². The van der Waals surface area contributed by atoms with Crippen molar-refractivity contribution in [2.45, 2.75) is 12.8 Å². The van der Waals surface area contributed by atoms with Gasteiger partial charge in [-0.2, -0.15) is 5.26 Å². The van der Waals surface area contributed by atoms with Crippen molar-refractivity contribution < 1.29 is 24.5 Å². The normalized spacial score (nSPS) is 6.93. The molecule has 0 aliphatic heterocycles. The molecule has 15 heavy (non-hydrogen) atoms. The zero-order chi connectivity index (χ0) is 12.1. The van der Waals surface area contributed by atoms with Gasteiger partial charge in [0.2, 0.25) is 0 Å². The Morgan fingerprint density at radius 2 is 1.87 bits per heavy atom. The zero-order valence-corrected chi connectivity index (χ0v) is 8.32. The van der Waals surface area contributed by atoms with E-state index in [2.05, 4.69) is 16.6 Å². The van der Waals surface area contributed by atoms with E-state index in [0.29, 0.717) is 6.42 Å². The molecule has 0 aromatic heterocycles. The van der Waals surface area contributed by atoms with Gasteiger partial charge in [0.15, 0.2) is 0 Å². The number of carbonyl (C=O) groups excluding carboxylic acids is 1. The Bertz CT molecular complexity index is 294. The summed E-state index contributed by atoms with van der Waals surface area (Å²) in [6.45, 7) is 0.181. The third kappa shape index (κ3) is 33.2. The molecule has 0 rings (SSSR count). The topological polar surface area (TPSA) is 108 Å². The molecule has 0 amide bonds. The van der Waals surface area contributed by atoms with Crippen LogP contribution in [0.25, 0.3) is 0 Å². The second-order valence-corrected chi connectivity index (χ2v) is 2.12. The Hall–Kier alpha value is -1.92. The third-order valence-corrected chi connectivity index (χ3v) is 0.844. The maximum absolute atomic E-state index is 9.98. The summed E-state index contributed by atoms with van der Waals surface area (Å²) in [7, 11) is 0. The first-order chi connectivity index (χ1) is 7.00. The van der Waals surface area contributed by atoms with Gasteiger partial charge in [-0.25, -0.2) is 9.59 Å². The maximum Gasteiger partial charge on any atom is 0.503 e. The fraction of sp³-hybridized carbons (Fsp3) is 0.375. The molecule has 6 nitrogen and oxygen atoms in total. The highest BCUT2D eigenvalue weighted by molar-refractivity contribution is 6.61. The smallest absolute Gasteiger partial charge is 0.453 e. The van der Waals surface area contributed by atoms with Crippen molar-refractivity contribution in [1.29, 1.82) is 5.26 Å². The molecule has 0 fully saturated rings. The van der Waals surface area contributed by atoms with Crippen molar-refractivity contribution in [3.05, 3.63) is 0 Å². The van der Waals surface area contributed by atoms with E-state index in [1.54, 1.807) is 0 Å². The van der Waals surface area contributed by atoms with Crippen LogP contribution in [-0.4, -0.2) is 28.4 Å².